The third kappa shape index (κ3) is 2.87. The number of hydrogen-bond donors (Lipinski definition) is 1. The molecule has 7 heteroatoms. The summed E-state index contributed by atoms with van der Waals surface area (Å²) in [5.41, 5.74) is -0.241. The van der Waals surface area contributed by atoms with Crippen LogP contribution in [0.5, 0.6) is 0 Å². The van der Waals surface area contributed by atoms with Crippen molar-refractivity contribution in [3.05, 3.63) is 34.2 Å². The largest absolute Gasteiger partial charge is 0.417 e. The second-order valence-electron chi connectivity index (χ2n) is 6.04. The maximum Gasteiger partial charge on any atom is 0.417 e. The molecule has 116 valence electrons. The van der Waals surface area contributed by atoms with E-state index in [-0.39, 0.29) is 10.7 Å². The van der Waals surface area contributed by atoms with Gasteiger partial charge in [-0.05, 0) is 13.0 Å². The van der Waals surface area contributed by atoms with Gasteiger partial charge in [0.2, 0.25) is 0 Å². The van der Waals surface area contributed by atoms with E-state index >= 15 is 0 Å². The first-order valence-electron chi connectivity index (χ1n) is 6.40. The van der Waals surface area contributed by atoms with Gasteiger partial charge in [0, 0.05) is 11.6 Å². The van der Waals surface area contributed by atoms with E-state index in [1.807, 2.05) is 20.8 Å². The van der Waals surface area contributed by atoms with Crippen molar-refractivity contribution in [1.82, 2.24) is 9.38 Å². The van der Waals surface area contributed by atoms with Crippen LogP contribution in [0.25, 0.3) is 5.65 Å². The molecule has 0 aliphatic heterocycles. The summed E-state index contributed by atoms with van der Waals surface area (Å²) in [5.74, 6) is 0. The van der Waals surface area contributed by atoms with Crippen LogP contribution in [0.15, 0.2) is 12.3 Å². The summed E-state index contributed by atoms with van der Waals surface area (Å²) in [4.78, 5) is 4.33. The molecular weight excluding hydrogens is 305 g/mol. The molecule has 0 radical (unpaired) electrons. The zero-order valence-electron chi connectivity index (χ0n) is 12.1. The van der Waals surface area contributed by atoms with E-state index in [2.05, 4.69) is 4.98 Å². The number of imidazole rings is 1. The molecule has 2 aromatic rings. The zero-order chi connectivity index (χ0) is 16.2. The summed E-state index contributed by atoms with van der Waals surface area (Å²) >= 11 is 5.94. The summed E-state index contributed by atoms with van der Waals surface area (Å²) in [6, 6.07) is 0.849. The molecular formula is C14H16ClF3N2O. The molecule has 0 aliphatic carbocycles. The quantitative estimate of drug-likeness (QED) is 0.848. The number of pyridine rings is 1. The van der Waals surface area contributed by atoms with E-state index in [1.54, 1.807) is 0 Å². The second-order valence-corrected chi connectivity index (χ2v) is 6.45. The Morgan fingerprint density at radius 2 is 1.86 bits per heavy atom. The molecule has 0 aromatic carbocycles. The first-order chi connectivity index (χ1) is 9.43. The molecule has 1 unspecified atom stereocenters. The Morgan fingerprint density at radius 1 is 1.29 bits per heavy atom. The maximum absolute atomic E-state index is 12.9. The van der Waals surface area contributed by atoms with Crippen LogP contribution in [0.2, 0.25) is 5.02 Å². The monoisotopic (exact) mass is 320 g/mol. The molecule has 1 N–H and O–H groups in total. The average molecular weight is 321 g/mol. The van der Waals surface area contributed by atoms with Crippen molar-refractivity contribution in [3.8, 4) is 0 Å². The van der Waals surface area contributed by atoms with Gasteiger partial charge in [-0.25, -0.2) is 4.98 Å². The second kappa shape index (κ2) is 4.88. The Balaban J connectivity index is 2.88. The minimum atomic E-state index is -4.51. The molecule has 0 spiro atoms. The van der Waals surface area contributed by atoms with Crippen LogP contribution in [-0.4, -0.2) is 14.5 Å². The van der Waals surface area contributed by atoms with Crippen LogP contribution in [0.3, 0.4) is 0 Å². The molecule has 2 aromatic heterocycles. The van der Waals surface area contributed by atoms with E-state index in [0.717, 1.165) is 12.3 Å². The van der Waals surface area contributed by atoms with E-state index < -0.39 is 23.3 Å². The van der Waals surface area contributed by atoms with Gasteiger partial charge < -0.3 is 5.11 Å². The lowest BCUT2D eigenvalue weighted by atomic mass is 9.89. The summed E-state index contributed by atoms with van der Waals surface area (Å²) in [6.45, 7) is 7.12. The SMILES string of the molecule is CC(O)c1c(C(C)(C)C)nc2c(Cl)cc(C(F)(F)F)cn12. The van der Waals surface area contributed by atoms with Gasteiger partial charge in [-0.3, -0.25) is 4.40 Å². The summed E-state index contributed by atoms with van der Waals surface area (Å²) in [7, 11) is 0. The fourth-order valence-corrected chi connectivity index (χ4v) is 2.48. The summed E-state index contributed by atoms with van der Waals surface area (Å²) in [6.07, 6.45) is -4.56. The lowest BCUT2D eigenvalue weighted by Gasteiger charge is -2.19. The molecule has 2 heterocycles. The van der Waals surface area contributed by atoms with Gasteiger partial charge in [0.1, 0.15) is 0 Å². The van der Waals surface area contributed by atoms with Gasteiger partial charge in [0.15, 0.2) is 5.65 Å². The minimum absolute atomic E-state index is 0.0952. The standard InChI is InChI=1S/C14H16ClF3N2O/c1-7(21)10-11(13(2,3)4)19-12-9(15)5-8(6-20(10)12)14(16,17)18/h5-7,21H,1-4H3. The molecule has 3 nitrogen and oxygen atoms in total. The fraction of sp³-hybridized carbons (Fsp3) is 0.500. The summed E-state index contributed by atoms with van der Waals surface area (Å²) < 4.78 is 40.0. The summed E-state index contributed by atoms with van der Waals surface area (Å²) in [5, 5.41) is 9.86. The van der Waals surface area contributed by atoms with Gasteiger partial charge >= 0.3 is 6.18 Å². The van der Waals surface area contributed by atoms with E-state index in [1.165, 1.54) is 11.3 Å². The van der Waals surface area contributed by atoms with Crippen molar-refractivity contribution in [2.24, 2.45) is 0 Å². The number of aromatic nitrogens is 2. The van der Waals surface area contributed by atoms with Crippen LogP contribution in [0.4, 0.5) is 13.2 Å². The van der Waals surface area contributed by atoms with E-state index in [9.17, 15) is 18.3 Å². The molecule has 21 heavy (non-hydrogen) atoms. The Bertz CT molecular complexity index is 684. The molecule has 2 rings (SSSR count). The van der Waals surface area contributed by atoms with E-state index in [4.69, 9.17) is 11.6 Å². The predicted molar refractivity (Wildman–Crippen MR) is 74.5 cm³/mol. The van der Waals surface area contributed by atoms with E-state index in [0.29, 0.717) is 11.4 Å². The Labute approximate surface area is 125 Å². The lowest BCUT2D eigenvalue weighted by molar-refractivity contribution is -0.137. The highest BCUT2D eigenvalue weighted by atomic mass is 35.5. The van der Waals surface area contributed by atoms with Crippen molar-refractivity contribution < 1.29 is 18.3 Å². The van der Waals surface area contributed by atoms with Gasteiger partial charge in [0.05, 0.1) is 28.1 Å². The van der Waals surface area contributed by atoms with Crippen LogP contribution in [0, 0.1) is 0 Å². The predicted octanol–water partition coefficient (Wildman–Crippen LogP) is 4.36. The van der Waals surface area contributed by atoms with Crippen molar-refractivity contribution in [3.63, 3.8) is 0 Å². The molecule has 0 saturated heterocycles. The van der Waals surface area contributed by atoms with Crippen LogP contribution in [0.1, 0.15) is 50.8 Å². The normalized spacial score (nSPS) is 14.7. The Hall–Kier alpha value is -1.27. The minimum Gasteiger partial charge on any atom is -0.387 e. The number of fused-ring (bicyclic) bond motifs is 1. The highest BCUT2D eigenvalue weighted by Crippen LogP contribution is 2.36. The maximum atomic E-state index is 12.9. The highest BCUT2D eigenvalue weighted by Gasteiger charge is 2.34. The first kappa shape index (κ1) is 16.1. The van der Waals surface area contributed by atoms with Crippen LogP contribution >= 0.6 is 11.6 Å². The van der Waals surface area contributed by atoms with Gasteiger partial charge in [0.25, 0.3) is 0 Å². The number of halogens is 4. The number of aliphatic hydroxyl groups is 1. The average Bonchev–Trinajstić information content (AvgIpc) is 2.67. The molecule has 0 saturated carbocycles. The van der Waals surface area contributed by atoms with Crippen molar-refractivity contribution in [2.45, 2.75) is 45.4 Å². The molecule has 0 amide bonds. The third-order valence-electron chi connectivity index (χ3n) is 3.15. The Morgan fingerprint density at radius 3 is 2.29 bits per heavy atom. The molecule has 0 fully saturated rings. The number of rotatable bonds is 1. The van der Waals surface area contributed by atoms with Crippen molar-refractivity contribution >= 4 is 17.2 Å². The number of alkyl halides is 3. The lowest BCUT2D eigenvalue weighted by Crippen LogP contribution is -2.16. The van der Waals surface area contributed by atoms with Crippen LogP contribution in [-0.2, 0) is 11.6 Å². The third-order valence-corrected chi connectivity index (χ3v) is 3.42. The first-order valence-corrected chi connectivity index (χ1v) is 6.78. The topological polar surface area (TPSA) is 37.5 Å². The van der Waals surface area contributed by atoms with Gasteiger partial charge in [-0.1, -0.05) is 32.4 Å². The Kier molecular flexibility index (Phi) is 3.74. The molecule has 0 aliphatic rings. The molecule has 1 atom stereocenters. The fourth-order valence-electron chi connectivity index (χ4n) is 2.23. The highest BCUT2D eigenvalue weighted by molar-refractivity contribution is 6.33. The smallest absolute Gasteiger partial charge is 0.387 e. The van der Waals surface area contributed by atoms with Gasteiger partial charge in [-0.2, -0.15) is 13.2 Å². The number of nitrogens with zero attached hydrogens (tertiary/aromatic N) is 2. The number of hydrogen-bond acceptors (Lipinski definition) is 2. The van der Waals surface area contributed by atoms with Crippen molar-refractivity contribution in [2.75, 3.05) is 0 Å². The van der Waals surface area contributed by atoms with Gasteiger partial charge in [-0.15, -0.1) is 0 Å². The number of aliphatic hydroxyl groups excluding tert-OH is 1. The zero-order valence-corrected chi connectivity index (χ0v) is 12.8. The molecule has 0 bridgehead atoms. The van der Waals surface area contributed by atoms with Crippen molar-refractivity contribution in [1.29, 1.82) is 0 Å². The van der Waals surface area contributed by atoms with Crippen LogP contribution < -0.4 is 0 Å².